The van der Waals surface area contributed by atoms with Crippen LogP contribution in [-0.4, -0.2) is 10.1 Å². The monoisotopic (exact) mass is 278 g/mol. The Morgan fingerprint density at radius 3 is 2.67 bits per heavy atom. The minimum atomic E-state index is 0.332. The molecule has 3 nitrogen and oxygen atoms in total. The number of aromatic hydroxyl groups is 1. The van der Waals surface area contributed by atoms with Crippen LogP contribution in [0.2, 0.25) is 0 Å². The van der Waals surface area contributed by atoms with E-state index in [0.717, 1.165) is 27.7 Å². The van der Waals surface area contributed by atoms with Crippen LogP contribution in [-0.2, 0) is 13.1 Å². The molecule has 0 aliphatic rings. The van der Waals surface area contributed by atoms with Gasteiger partial charge in [-0.05, 0) is 35.9 Å². The second kappa shape index (κ2) is 5.94. The van der Waals surface area contributed by atoms with Gasteiger partial charge in [-0.25, -0.2) is 0 Å². The standard InChI is InChI=1S/C18H18N2O/c1-13-5-4-7-15(20-13)11-19-12-17-16-8-3-2-6-14(16)9-10-18(17)21/h2-10,19,21H,11-12H2,1H3. The molecule has 21 heavy (non-hydrogen) atoms. The minimum Gasteiger partial charge on any atom is -0.508 e. The van der Waals surface area contributed by atoms with Gasteiger partial charge < -0.3 is 10.4 Å². The zero-order chi connectivity index (χ0) is 14.7. The summed E-state index contributed by atoms with van der Waals surface area (Å²) in [4.78, 5) is 4.46. The van der Waals surface area contributed by atoms with Crippen molar-refractivity contribution in [1.82, 2.24) is 10.3 Å². The quantitative estimate of drug-likeness (QED) is 0.767. The molecule has 3 rings (SSSR count). The fourth-order valence-electron chi connectivity index (χ4n) is 2.52. The van der Waals surface area contributed by atoms with Crippen LogP contribution in [0, 0.1) is 6.92 Å². The number of fused-ring (bicyclic) bond motifs is 1. The Hall–Kier alpha value is -2.39. The largest absolute Gasteiger partial charge is 0.508 e. The highest BCUT2D eigenvalue weighted by atomic mass is 16.3. The highest BCUT2D eigenvalue weighted by molar-refractivity contribution is 5.87. The van der Waals surface area contributed by atoms with E-state index in [1.807, 2.05) is 49.4 Å². The van der Waals surface area contributed by atoms with E-state index < -0.39 is 0 Å². The number of hydrogen-bond acceptors (Lipinski definition) is 3. The summed E-state index contributed by atoms with van der Waals surface area (Å²) in [5, 5.41) is 15.7. The first kappa shape index (κ1) is 13.6. The molecule has 1 aromatic heterocycles. The highest BCUT2D eigenvalue weighted by Gasteiger charge is 2.06. The number of rotatable bonds is 4. The molecule has 2 aromatic carbocycles. The Morgan fingerprint density at radius 1 is 0.952 bits per heavy atom. The molecule has 1 heterocycles. The number of nitrogens with zero attached hydrogens (tertiary/aromatic N) is 1. The predicted molar refractivity (Wildman–Crippen MR) is 85.1 cm³/mol. The normalized spacial score (nSPS) is 10.9. The van der Waals surface area contributed by atoms with E-state index in [0.29, 0.717) is 18.8 Å². The van der Waals surface area contributed by atoms with E-state index >= 15 is 0 Å². The Kier molecular flexibility index (Phi) is 3.84. The van der Waals surface area contributed by atoms with Crippen LogP contribution >= 0.6 is 0 Å². The van der Waals surface area contributed by atoms with Gasteiger partial charge in [0.05, 0.1) is 5.69 Å². The van der Waals surface area contributed by atoms with E-state index in [-0.39, 0.29) is 0 Å². The molecule has 0 fully saturated rings. The van der Waals surface area contributed by atoms with Crippen molar-refractivity contribution in [2.45, 2.75) is 20.0 Å². The van der Waals surface area contributed by atoms with E-state index in [9.17, 15) is 5.11 Å². The molecule has 0 radical (unpaired) electrons. The van der Waals surface area contributed by atoms with Gasteiger partial charge in [-0.3, -0.25) is 4.98 Å². The minimum absolute atomic E-state index is 0.332. The average Bonchev–Trinajstić information content (AvgIpc) is 2.50. The molecule has 0 atom stereocenters. The first-order valence-electron chi connectivity index (χ1n) is 7.07. The topological polar surface area (TPSA) is 45.1 Å². The highest BCUT2D eigenvalue weighted by Crippen LogP contribution is 2.26. The molecule has 3 aromatic rings. The van der Waals surface area contributed by atoms with Gasteiger partial charge in [-0.1, -0.05) is 36.4 Å². The third-order valence-corrected chi connectivity index (χ3v) is 3.57. The zero-order valence-electron chi connectivity index (χ0n) is 12.0. The van der Waals surface area contributed by atoms with Gasteiger partial charge in [0, 0.05) is 24.3 Å². The average molecular weight is 278 g/mol. The number of pyridine rings is 1. The van der Waals surface area contributed by atoms with Crippen molar-refractivity contribution < 1.29 is 5.11 Å². The number of benzene rings is 2. The molecule has 0 amide bonds. The molecule has 0 spiro atoms. The van der Waals surface area contributed by atoms with Gasteiger partial charge in [0.1, 0.15) is 5.75 Å². The van der Waals surface area contributed by atoms with Crippen LogP contribution in [0.15, 0.2) is 54.6 Å². The molecule has 0 unspecified atom stereocenters. The summed E-state index contributed by atoms with van der Waals surface area (Å²) in [6.07, 6.45) is 0. The predicted octanol–water partition coefficient (Wildman–Crippen LogP) is 3.54. The first-order chi connectivity index (χ1) is 10.2. The van der Waals surface area contributed by atoms with Crippen LogP contribution in [0.4, 0.5) is 0 Å². The fraction of sp³-hybridized carbons (Fsp3) is 0.167. The number of nitrogens with one attached hydrogen (secondary N) is 1. The van der Waals surface area contributed by atoms with Crippen LogP contribution in [0.3, 0.4) is 0 Å². The summed E-state index contributed by atoms with van der Waals surface area (Å²) < 4.78 is 0. The van der Waals surface area contributed by atoms with E-state index in [2.05, 4.69) is 16.4 Å². The zero-order valence-corrected chi connectivity index (χ0v) is 12.0. The van der Waals surface area contributed by atoms with E-state index in [1.54, 1.807) is 6.07 Å². The summed E-state index contributed by atoms with van der Waals surface area (Å²) in [7, 11) is 0. The Balaban J connectivity index is 1.77. The van der Waals surface area contributed by atoms with Crippen LogP contribution in [0.1, 0.15) is 17.0 Å². The molecular weight excluding hydrogens is 260 g/mol. The van der Waals surface area contributed by atoms with Crippen molar-refractivity contribution in [3.05, 3.63) is 71.5 Å². The molecule has 0 bridgehead atoms. The van der Waals surface area contributed by atoms with Gasteiger partial charge >= 0.3 is 0 Å². The maximum atomic E-state index is 10.1. The van der Waals surface area contributed by atoms with E-state index in [1.165, 1.54) is 0 Å². The van der Waals surface area contributed by atoms with Crippen LogP contribution in [0.5, 0.6) is 5.75 Å². The second-order valence-electron chi connectivity index (χ2n) is 5.16. The van der Waals surface area contributed by atoms with Crippen LogP contribution in [0.25, 0.3) is 10.8 Å². The Labute approximate surface area is 124 Å². The summed E-state index contributed by atoms with van der Waals surface area (Å²) in [6, 6.07) is 17.8. The Morgan fingerprint density at radius 2 is 1.81 bits per heavy atom. The van der Waals surface area contributed by atoms with Gasteiger partial charge in [0.25, 0.3) is 0 Å². The molecule has 106 valence electrons. The SMILES string of the molecule is Cc1cccc(CNCc2c(O)ccc3ccccc23)n1. The number of phenolic OH excluding ortho intramolecular Hbond substituents is 1. The Bertz CT molecular complexity index is 768. The van der Waals surface area contributed by atoms with Gasteiger partial charge in [-0.15, -0.1) is 0 Å². The number of hydrogen-bond donors (Lipinski definition) is 2. The van der Waals surface area contributed by atoms with Crippen molar-refractivity contribution in [3.8, 4) is 5.75 Å². The lowest BCUT2D eigenvalue weighted by molar-refractivity contribution is 0.465. The van der Waals surface area contributed by atoms with Gasteiger partial charge in [-0.2, -0.15) is 0 Å². The van der Waals surface area contributed by atoms with Crippen molar-refractivity contribution >= 4 is 10.8 Å². The summed E-state index contributed by atoms with van der Waals surface area (Å²) in [6.45, 7) is 3.28. The van der Waals surface area contributed by atoms with Crippen molar-refractivity contribution in [2.24, 2.45) is 0 Å². The molecule has 0 aliphatic heterocycles. The first-order valence-corrected chi connectivity index (χ1v) is 7.07. The lowest BCUT2D eigenvalue weighted by atomic mass is 10.0. The third kappa shape index (κ3) is 3.03. The molecule has 0 aliphatic carbocycles. The maximum absolute atomic E-state index is 10.1. The number of phenols is 1. The van der Waals surface area contributed by atoms with Crippen molar-refractivity contribution in [3.63, 3.8) is 0 Å². The van der Waals surface area contributed by atoms with Crippen molar-refractivity contribution in [2.75, 3.05) is 0 Å². The fourth-order valence-corrected chi connectivity index (χ4v) is 2.52. The summed E-state index contributed by atoms with van der Waals surface area (Å²) in [5.41, 5.74) is 2.96. The van der Waals surface area contributed by atoms with Crippen LogP contribution < -0.4 is 5.32 Å². The third-order valence-electron chi connectivity index (χ3n) is 3.57. The number of aryl methyl sites for hydroxylation is 1. The lowest BCUT2D eigenvalue weighted by Gasteiger charge is -2.10. The molecule has 0 saturated heterocycles. The molecule has 3 heteroatoms. The summed E-state index contributed by atoms with van der Waals surface area (Å²) >= 11 is 0. The number of aromatic nitrogens is 1. The summed E-state index contributed by atoms with van der Waals surface area (Å²) in [5.74, 6) is 0.332. The maximum Gasteiger partial charge on any atom is 0.120 e. The molecular formula is C18H18N2O. The smallest absolute Gasteiger partial charge is 0.120 e. The lowest BCUT2D eigenvalue weighted by Crippen LogP contribution is -2.14. The van der Waals surface area contributed by atoms with Gasteiger partial charge in [0.15, 0.2) is 0 Å². The van der Waals surface area contributed by atoms with E-state index in [4.69, 9.17) is 0 Å². The second-order valence-corrected chi connectivity index (χ2v) is 5.16. The van der Waals surface area contributed by atoms with Crippen molar-refractivity contribution in [1.29, 1.82) is 0 Å². The molecule has 0 saturated carbocycles. The molecule has 2 N–H and O–H groups in total. The van der Waals surface area contributed by atoms with Gasteiger partial charge in [0.2, 0.25) is 0 Å².